The summed E-state index contributed by atoms with van der Waals surface area (Å²) in [6.45, 7) is 12.3. The zero-order valence-corrected chi connectivity index (χ0v) is 11.9. The molecule has 0 radical (unpaired) electrons. The monoisotopic (exact) mass is 238 g/mol. The van der Waals surface area contributed by atoms with E-state index in [2.05, 4.69) is 31.0 Å². The molecule has 1 N–H and O–H groups in total. The molecule has 2 saturated heterocycles. The van der Waals surface area contributed by atoms with Crippen LogP contribution in [-0.4, -0.2) is 37.1 Å². The van der Waals surface area contributed by atoms with Crippen LogP contribution < -0.4 is 5.32 Å². The fourth-order valence-corrected chi connectivity index (χ4v) is 3.71. The lowest BCUT2D eigenvalue weighted by atomic mass is 9.89. The minimum absolute atomic E-state index is 0.825. The zero-order chi connectivity index (χ0) is 12.3. The van der Waals surface area contributed by atoms with Crippen LogP contribution in [-0.2, 0) is 0 Å². The molecule has 3 atom stereocenters. The third kappa shape index (κ3) is 3.23. The van der Waals surface area contributed by atoms with Gasteiger partial charge >= 0.3 is 0 Å². The Balaban J connectivity index is 1.89. The van der Waals surface area contributed by atoms with E-state index in [1.807, 2.05) is 0 Å². The topological polar surface area (TPSA) is 15.3 Å². The molecule has 2 nitrogen and oxygen atoms in total. The van der Waals surface area contributed by atoms with Crippen molar-refractivity contribution >= 4 is 0 Å². The van der Waals surface area contributed by atoms with Gasteiger partial charge < -0.3 is 5.32 Å². The lowest BCUT2D eigenvalue weighted by molar-refractivity contribution is 0.171. The Labute approximate surface area is 107 Å². The third-order valence-electron chi connectivity index (χ3n) is 5.05. The Hall–Kier alpha value is -0.0800. The smallest absolute Gasteiger partial charge is 0.0260 e. The molecule has 0 saturated carbocycles. The molecule has 2 aliphatic rings. The van der Waals surface area contributed by atoms with Crippen molar-refractivity contribution in [2.75, 3.05) is 26.2 Å². The van der Waals surface area contributed by atoms with Crippen molar-refractivity contribution in [1.82, 2.24) is 10.2 Å². The minimum Gasteiger partial charge on any atom is -0.315 e. The quantitative estimate of drug-likeness (QED) is 0.813. The summed E-state index contributed by atoms with van der Waals surface area (Å²) in [5, 5.41) is 3.58. The van der Waals surface area contributed by atoms with E-state index in [4.69, 9.17) is 0 Å². The van der Waals surface area contributed by atoms with Gasteiger partial charge in [-0.25, -0.2) is 0 Å². The fourth-order valence-electron chi connectivity index (χ4n) is 3.71. The number of nitrogens with one attached hydrogen (secondary N) is 1. The highest BCUT2D eigenvalue weighted by Gasteiger charge is 2.32. The van der Waals surface area contributed by atoms with Gasteiger partial charge in [0.05, 0.1) is 0 Å². The van der Waals surface area contributed by atoms with E-state index in [0.29, 0.717) is 0 Å². The first-order valence-corrected chi connectivity index (χ1v) is 7.67. The van der Waals surface area contributed by atoms with Gasteiger partial charge in [0.15, 0.2) is 0 Å². The molecule has 0 aromatic rings. The van der Waals surface area contributed by atoms with Gasteiger partial charge in [-0.3, -0.25) is 4.90 Å². The third-order valence-corrected chi connectivity index (χ3v) is 5.05. The second-order valence-electron chi connectivity index (χ2n) is 6.36. The van der Waals surface area contributed by atoms with Crippen molar-refractivity contribution in [2.45, 2.75) is 52.5 Å². The van der Waals surface area contributed by atoms with Crippen molar-refractivity contribution in [3.05, 3.63) is 0 Å². The van der Waals surface area contributed by atoms with Crippen LogP contribution >= 0.6 is 0 Å². The molecule has 2 rings (SSSR count). The molecule has 2 heteroatoms. The Morgan fingerprint density at radius 2 is 2.00 bits per heavy atom. The van der Waals surface area contributed by atoms with E-state index in [0.717, 1.165) is 23.8 Å². The van der Waals surface area contributed by atoms with Crippen LogP contribution in [0.3, 0.4) is 0 Å². The Kier molecular flexibility index (Phi) is 4.87. The standard InChI is InChI=1S/C15H30N2/c1-4-13-10-16-11-15(13)17-8-5-6-14(7-9-17)12(2)3/h12-16H,4-11H2,1-3H3. The fraction of sp³-hybridized carbons (Fsp3) is 1.00. The van der Waals surface area contributed by atoms with E-state index < -0.39 is 0 Å². The second-order valence-corrected chi connectivity index (χ2v) is 6.36. The average molecular weight is 238 g/mol. The van der Waals surface area contributed by atoms with Crippen LogP contribution in [0.4, 0.5) is 0 Å². The molecule has 0 aromatic carbocycles. The van der Waals surface area contributed by atoms with Gasteiger partial charge in [0.25, 0.3) is 0 Å². The van der Waals surface area contributed by atoms with Gasteiger partial charge in [-0.1, -0.05) is 27.2 Å². The highest BCUT2D eigenvalue weighted by molar-refractivity contribution is 4.89. The second kappa shape index (κ2) is 6.19. The van der Waals surface area contributed by atoms with Crippen LogP contribution in [0.25, 0.3) is 0 Å². The predicted molar refractivity (Wildman–Crippen MR) is 74.2 cm³/mol. The predicted octanol–water partition coefficient (Wildman–Crippen LogP) is 2.74. The van der Waals surface area contributed by atoms with Gasteiger partial charge in [0.2, 0.25) is 0 Å². The molecule has 0 bridgehead atoms. The number of hydrogen-bond donors (Lipinski definition) is 1. The number of hydrogen-bond acceptors (Lipinski definition) is 2. The molecule has 2 fully saturated rings. The summed E-state index contributed by atoms with van der Waals surface area (Å²) in [5.74, 6) is 2.73. The summed E-state index contributed by atoms with van der Waals surface area (Å²) in [5.41, 5.74) is 0. The zero-order valence-electron chi connectivity index (χ0n) is 11.9. The molecular weight excluding hydrogens is 208 g/mol. The van der Waals surface area contributed by atoms with Crippen molar-refractivity contribution in [1.29, 1.82) is 0 Å². The van der Waals surface area contributed by atoms with Crippen molar-refractivity contribution in [3.63, 3.8) is 0 Å². The highest BCUT2D eigenvalue weighted by Crippen LogP contribution is 2.28. The van der Waals surface area contributed by atoms with Crippen molar-refractivity contribution in [2.24, 2.45) is 17.8 Å². The Morgan fingerprint density at radius 3 is 2.71 bits per heavy atom. The van der Waals surface area contributed by atoms with Gasteiger partial charge in [0.1, 0.15) is 0 Å². The Bertz CT molecular complexity index is 227. The molecule has 17 heavy (non-hydrogen) atoms. The summed E-state index contributed by atoms with van der Waals surface area (Å²) in [6, 6.07) is 0.825. The largest absolute Gasteiger partial charge is 0.315 e. The van der Waals surface area contributed by atoms with Gasteiger partial charge in [-0.15, -0.1) is 0 Å². The van der Waals surface area contributed by atoms with Gasteiger partial charge in [-0.2, -0.15) is 0 Å². The Morgan fingerprint density at radius 1 is 1.18 bits per heavy atom. The average Bonchev–Trinajstić information content (AvgIpc) is 2.65. The summed E-state index contributed by atoms with van der Waals surface area (Å²) in [6.07, 6.45) is 5.62. The van der Waals surface area contributed by atoms with E-state index in [-0.39, 0.29) is 0 Å². The van der Waals surface area contributed by atoms with Gasteiger partial charge in [-0.05, 0) is 56.7 Å². The first kappa shape index (κ1) is 13.4. The number of likely N-dealkylation sites (tertiary alicyclic amines) is 1. The first-order chi connectivity index (χ1) is 8.22. The minimum atomic E-state index is 0.825. The van der Waals surface area contributed by atoms with Crippen LogP contribution in [0.1, 0.15) is 46.5 Å². The highest BCUT2D eigenvalue weighted by atomic mass is 15.2. The van der Waals surface area contributed by atoms with Crippen LogP contribution in [0.15, 0.2) is 0 Å². The van der Waals surface area contributed by atoms with Crippen LogP contribution in [0.2, 0.25) is 0 Å². The van der Waals surface area contributed by atoms with E-state index in [9.17, 15) is 0 Å². The molecule has 3 unspecified atom stereocenters. The van der Waals surface area contributed by atoms with E-state index >= 15 is 0 Å². The lowest BCUT2D eigenvalue weighted by Gasteiger charge is -2.31. The molecular formula is C15H30N2. The van der Waals surface area contributed by atoms with Crippen LogP contribution in [0.5, 0.6) is 0 Å². The molecule has 100 valence electrons. The molecule has 0 amide bonds. The molecule has 0 aliphatic carbocycles. The van der Waals surface area contributed by atoms with Crippen molar-refractivity contribution < 1.29 is 0 Å². The van der Waals surface area contributed by atoms with Gasteiger partial charge in [0, 0.05) is 12.6 Å². The SMILES string of the molecule is CCC1CNCC1N1CCCC(C(C)C)CC1. The summed E-state index contributed by atoms with van der Waals surface area (Å²) in [4.78, 5) is 2.79. The van der Waals surface area contributed by atoms with E-state index in [1.54, 1.807) is 0 Å². The summed E-state index contributed by atoms with van der Waals surface area (Å²) in [7, 11) is 0. The van der Waals surface area contributed by atoms with E-state index in [1.165, 1.54) is 51.9 Å². The molecule has 2 heterocycles. The lowest BCUT2D eigenvalue weighted by Crippen LogP contribution is -2.41. The summed E-state index contributed by atoms with van der Waals surface area (Å²) < 4.78 is 0. The maximum Gasteiger partial charge on any atom is 0.0260 e. The number of rotatable bonds is 3. The van der Waals surface area contributed by atoms with Crippen LogP contribution in [0, 0.1) is 17.8 Å². The molecule has 2 aliphatic heterocycles. The first-order valence-electron chi connectivity index (χ1n) is 7.67. The maximum absolute atomic E-state index is 3.58. The molecule has 0 spiro atoms. The maximum atomic E-state index is 3.58. The number of nitrogens with zero attached hydrogens (tertiary/aromatic N) is 1. The molecule has 0 aromatic heterocycles. The summed E-state index contributed by atoms with van der Waals surface area (Å²) >= 11 is 0. The normalized spacial score (nSPS) is 36.4. The van der Waals surface area contributed by atoms with Crippen molar-refractivity contribution in [3.8, 4) is 0 Å².